The number of nitrogens with one attached hydrogen (secondary N) is 3. The zero-order chi connectivity index (χ0) is 17.2. The maximum Gasteiger partial charge on any atom is 0.241 e. The molecular weight excluding hydrogens is 330 g/mol. The average Bonchev–Trinajstić information content (AvgIpc) is 2.93. The summed E-state index contributed by atoms with van der Waals surface area (Å²) in [5.41, 5.74) is 1.28. The number of hydrogen-bond donors (Lipinski definition) is 3. The van der Waals surface area contributed by atoms with Crippen molar-refractivity contribution >= 4 is 27.5 Å². The number of amides is 2. The highest BCUT2D eigenvalue weighted by molar-refractivity contribution is 7.89. The van der Waals surface area contributed by atoms with Crippen LogP contribution >= 0.6 is 0 Å². The number of benzene rings is 1. The number of fused-ring (bicyclic) bond motifs is 1. The lowest BCUT2D eigenvalue weighted by molar-refractivity contribution is -0.121. The van der Waals surface area contributed by atoms with Crippen molar-refractivity contribution < 1.29 is 18.0 Å². The van der Waals surface area contributed by atoms with E-state index in [1.165, 1.54) is 18.6 Å². The number of carbonyl (C=O) groups is 2. The van der Waals surface area contributed by atoms with Crippen molar-refractivity contribution in [3.05, 3.63) is 23.8 Å². The Morgan fingerprint density at radius 2 is 1.96 bits per heavy atom. The second-order valence-electron chi connectivity index (χ2n) is 6.27. The molecule has 7 nitrogen and oxygen atoms in total. The van der Waals surface area contributed by atoms with Gasteiger partial charge in [0.1, 0.15) is 0 Å². The van der Waals surface area contributed by atoms with E-state index in [0.717, 1.165) is 25.7 Å². The van der Waals surface area contributed by atoms with Crippen LogP contribution in [-0.2, 0) is 26.0 Å². The molecule has 0 bridgehead atoms. The van der Waals surface area contributed by atoms with Gasteiger partial charge in [-0.05, 0) is 36.6 Å². The van der Waals surface area contributed by atoms with Crippen LogP contribution in [0.1, 0.15) is 37.7 Å². The highest BCUT2D eigenvalue weighted by atomic mass is 32.2. The molecule has 24 heavy (non-hydrogen) atoms. The highest BCUT2D eigenvalue weighted by Gasteiger charge is 2.23. The van der Waals surface area contributed by atoms with Gasteiger partial charge in [0, 0.05) is 11.7 Å². The molecule has 0 spiro atoms. The SMILES string of the molecule is O=C1Cc2cc(S(=O)(=O)NCC(=O)NC3CCCCC3)ccc2N1. The molecule has 0 atom stereocenters. The smallest absolute Gasteiger partial charge is 0.241 e. The van der Waals surface area contributed by atoms with Gasteiger partial charge >= 0.3 is 0 Å². The largest absolute Gasteiger partial charge is 0.352 e. The summed E-state index contributed by atoms with van der Waals surface area (Å²) in [5, 5.41) is 5.52. The maximum absolute atomic E-state index is 12.3. The molecule has 0 unspecified atom stereocenters. The lowest BCUT2D eigenvalue weighted by Gasteiger charge is -2.22. The second kappa shape index (κ2) is 6.90. The second-order valence-corrected chi connectivity index (χ2v) is 8.04. The first kappa shape index (κ1) is 16.9. The molecule has 130 valence electrons. The van der Waals surface area contributed by atoms with Crippen LogP contribution in [0.2, 0.25) is 0 Å². The zero-order valence-electron chi connectivity index (χ0n) is 13.3. The summed E-state index contributed by atoms with van der Waals surface area (Å²) in [5.74, 6) is -0.470. The molecule has 2 aliphatic rings. The van der Waals surface area contributed by atoms with Gasteiger partial charge in [-0.2, -0.15) is 0 Å². The summed E-state index contributed by atoms with van der Waals surface area (Å²) in [7, 11) is -3.79. The van der Waals surface area contributed by atoms with E-state index in [4.69, 9.17) is 0 Å². The van der Waals surface area contributed by atoms with Crippen LogP contribution in [0.4, 0.5) is 5.69 Å². The van der Waals surface area contributed by atoms with Gasteiger partial charge in [-0.25, -0.2) is 13.1 Å². The molecular formula is C16H21N3O4S. The Kier molecular flexibility index (Phi) is 4.86. The summed E-state index contributed by atoms with van der Waals surface area (Å²) in [6, 6.07) is 4.60. The minimum absolute atomic E-state index is 0.0585. The Bertz CT molecular complexity index is 755. The Morgan fingerprint density at radius 1 is 1.21 bits per heavy atom. The van der Waals surface area contributed by atoms with Gasteiger partial charge in [0.15, 0.2) is 0 Å². The van der Waals surface area contributed by atoms with Crippen LogP contribution in [0, 0.1) is 0 Å². The monoisotopic (exact) mass is 351 g/mol. The quantitative estimate of drug-likeness (QED) is 0.733. The van der Waals surface area contributed by atoms with Crippen LogP contribution in [0.25, 0.3) is 0 Å². The van der Waals surface area contributed by atoms with Crippen molar-refractivity contribution in [3.8, 4) is 0 Å². The number of anilines is 1. The van der Waals surface area contributed by atoms with Crippen molar-refractivity contribution in [1.29, 1.82) is 0 Å². The van der Waals surface area contributed by atoms with Crippen molar-refractivity contribution in [2.75, 3.05) is 11.9 Å². The highest BCUT2D eigenvalue weighted by Crippen LogP contribution is 2.25. The fourth-order valence-corrected chi connectivity index (χ4v) is 4.17. The van der Waals surface area contributed by atoms with Crippen LogP contribution in [0.5, 0.6) is 0 Å². The van der Waals surface area contributed by atoms with Gasteiger partial charge in [-0.1, -0.05) is 19.3 Å². The molecule has 0 radical (unpaired) electrons. The lowest BCUT2D eigenvalue weighted by Crippen LogP contribution is -2.42. The molecule has 1 aliphatic heterocycles. The minimum atomic E-state index is -3.79. The third kappa shape index (κ3) is 3.93. The van der Waals surface area contributed by atoms with Crippen LogP contribution in [-0.4, -0.2) is 32.8 Å². The summed E-state index contributed by atoms with van der Waals surface area (Å²) >= 11 is 0. The lowest BCUT2D eigenvalue weighted by atomic mass is 9.95. The molecule has 8 heteroatoms. The van der Waals surface area contributed by atoms with E-state index in [2.05, 4.69) is 15.4 Å². The molecule has 3 N–H and O–H groups in total. The third-order valence-corrected chi connectivity index (χ3v) is 5.80. The van der Waals surface area contributed by atoms with Gasteiger partial charge in [-0.3, -0.25) is 9.59 Å². The Labute approximate surface area is 141 Å². The van der Waals surface area contributed by atoms with Gasteiger partial charge in [0.25, 0.3) is 0 Å². The van der Waals surface area contributed by atoms with Gasteiger partial charge in [0.2, 0.25) is 21.8 Å². The molecule has 2 amide bonds. The van der Waals surface area contributed by atoms with E-state index in [1.54, 1.807) is 6.07 Å². The molecule has 0 aromatic heterocycles. The Morgan fingerprint density at radius 3 is 2.71 bits per heavy atom. The predicted octanol–water partition coefficient (Wildman–Crippen LogP) is 0.908. The summed E-state index contributed by atoms with van der Waals surface area (Å²) in [6.45, 7) is -0.285. The first-order valence-electron chi connectivity index (χ1n) is 8.16. The van der Waals surface area contributed by atoms with E-state index < -0.39 is 10.0 Å². The van der Waals surface area contributed by atoms with E-state index >= 15 is 0 Å². The molecule has 1 aromatic rings. The number of sulfonamides is 1. The van der Waals surface area contributed by atoms with E-state index in [0.29, 0.717) is 11.3 Å². The van der Waals surface area contributed by atoms with Crippen molar-refractivity contribution in [2.24, 2.45) is 0 Å². The van der Waals surface area contributed by atoms with E-state index in [-0.39, 0.29) is 35.7 Å². The maximum atomic E-state index is 12.3. The average molecular weight is 351 g/mol. The van der Waals surface area contributed by atoms with Crippen molar-refractivity contribution in [3.63, 3.8) is 0 Å². The molecule has 3 rings (SSSR count). The molecule has 1 fully saturated rings. The number of rotatable bonds is 5. The van der Waals surface area contributed by atoms with Gasteiger partial charge < -0.3 is 10.6 Å². The van der Waals surface area contributed by atoms with E-state index in [1.807, 2.05) is 0 Å². The summed E-state index contributed by atoms with van der Waals surface area (Å²) < 4.78 is 26.9. The fourth-order valence-electron chi connectivity index (χ4n) is 3.14. The van der Waals surface area contributed by atoms with Crippen molar-refractivity contribution in [1.82, 2.24) is 10.0 Å². The van der Waals surface area contributed by atoms with E-state index in [9.17, 15) is 18.0 Å². The first-order valence-corrected chi connectivity index (χ1v) is 9.64. The topological polar surface area (TPSA) is 104 Å². The Balaban J connectivity index is 1.59. The Hall–Kier alpha value is -1.93. The molecule has 0 saturated heterocycles. The van der Waals surface area contributed by atoms with Crippen LogP contribution in [0.3, 0.4) is 0 Å². The van der Waals surface area contributed by atoms with Gasteiger partial charge in [-0.15, -0.1) is 0 Å². The summed E-state index contributed by atoms with van der Waals surface area (Å²) in [6.07, 6.45) is 5.45. The van der Waals surface area contributed by atoms with Crippen LogP contribution in [0.15, 0.2) is 23.1 Å². The van der Waals surface area contributed by atoms with Crippen LogP contribution < -0.4 is 15.4 Å². The predicted molar refractivity (Wildman–Crippen MR) is 89.0 cm³/mol. The standard InChI is InChI=1S/C16H21N3O4S/c20-15-9-11-8-13(6-7-14(11)19-15)24(22,23)17-10-16(21)18-12-4-2-1-3-5-12/h6-8,12,17H,1-5,9-10H2,(H,18,21)(H,19,20). The summed E-state index contributed by atoms with van der Waals surface area (Å²) in [4.78, 5) is 23.3. The molecule has 1 aliphatic carbocycles. The first-order chi connectivity index (χ1) is 11.4. The zero-order valence-corrected chi connectivity index (χ0v) is 14.1. The number of hydrogen-bond acceptors (Lipinski definition) is 4. The van der Waals surface area contributed by atoms with Gasteiger partial charge in [0.05, 0.1) is 17.9 Å². The normalized spacial score (nSPS) is 18.1. The fraction of sp³-hybridized carbons (Fsp3) is 0.500. The third-order valence-electron chi connectivity index (χ3n) is 4.41. The van der Waals surface area contributed by atoms with Crippen molar-refractivity contribution in [2.45, 2.75) is 49.5 Å². The number of carbonyl (C=O) groups excluding carboxylic acids is 2. The molecule has 1 saturated carbocycles. The molecule has 1 heterocycles. The molecule has 1 aromatic carbocycles. The minimum Gasteiger partial charge on any atom is -0.352 e.